The number of nitrogens with zero attached hydrogens (tertiary/aromatic N) is 3. The number of nitrogens with two attached hydrogens (primary N) is 1. The lowest BCUT2D eigenvalue weighted by atomic mass is 10.1. The summed E-state index contributed by atoms with van der Waals surface area (Å²) in [6.45, 7) is 1.81. The van der Waals surface area contributed by atoms with Crippen molar-refractivity contribution in [2.45, 2.75) is 25.8 Å². The summed E-state index contributed by atoms with van der Waals surface area (Å²) in [5.41, 5.74) is 7.51. The molecule has 1 amide bonds. The first-order chi connectivity index (χ1) is 9.16. The minimum Gasteiger partial charge on any atom is -0.399 e. The van der Waals surface area contributed by atoms with Gasteiger partial charge in [-0.2, -0.15) is 5.21 Å². The van der Waals surface area contributed by atoms with Crippen LogP contribution in [0.15, 0.2) is 24.3 Å². The zero-order chi connectivity index (χ0) is 13.7. The zero-order valence-electron chi connectivity index (χ0n) is 10.6. The first-order valence-corrected chi connectivity index (χ1v) is 6.03. The predicted octanol–water partition coefficient (Wildman–Crippen LogP) is 0.592. The lowest BCUT2D eigenvalue weighted by Crippen LogP contribution is -2.27. The fourth-order valence-electron chi connectivity index (χ4n) is 1.74. The molecule has 2 aromatic rings. The Morgan fingerprint density at radius 2 is 2.26 bits per heavy atom. The second kappa shape index (κ2) is 5.94. The van der Waals surface area contributed by atoms with Crippen LogP contribution in [-0.2, 0) is 11.2 Å². The Morgan fingerprint density at radius 3 is 2.95 bits per heavy atom. The van der Waals surface area contributed by atoms with Crippen LogP contribution in [0.4, 0.5) is 5.69 Å². The molecule has 1 aromatic carbocycles. The highest BCUT2D eigenvalue weighted by Crippen LogP contribution is 2.13. The number of aromatic nitrogens is 4. The van der Waals surface area contributed by atoms with Crippen LogP contribution < -0.4 is 11.1 Å². The minimum absolute atomic E-state index is 0.0689. The van der Waals surface area contributed by atoms with Crippen LogP contribution in [0.3, 0.4) is 0 Å². The van der Waals surface area contributed by atoms with Gasteiger partial charge in [-0.3, -0.25) is 4.79 Å². The Kier molecular flexibility index (Phi) is 4.07. The number of aryl methyl sites for hydroxylation is 1. The SMILES string of the molecule is CC(NC(=O)CCc1ccccc1N)c1nn[nH]n1. The average Bonchev–Trinajstić information content (AvgIpc) is 2.91. The Balaban J connectivity index is 1.84. The number of hydrogen-bond donors (Lipinski definition) is 3. The van der Waals surface area contributed by atoms with Gasteiger partial charge in [-0.1, -0.05) is 23.4 Å². The van der Waals surface area contributed by atoms with E-state index in [1.807, 2.05) is 24.3 Å². The minimum atomic E-state index is -0.264. The fraction of sp³-hybridized carbons (Fsp3) is 0.333. The van der Waals surface area contributed by atoms with Crippen LogP contribution in [0.1, 0.15) is 30.8 Å². The average molecular weight is 260 g/mol. The lowest BCUT2D eigenvalue weighted by molar-refractivity contribution is -0.121. The largest absolute Gasteiger partial charge is 0.399 e. The smallest absolute Gasteiger partial charge is 0.220 e. The van der Waals surface area contributed by atoms with E-state index < -0.39 is 0 Å². The van der Waals surface area contributed by atoms with Crippen LogP contribution in [0.2, 0.25) is 0 Å². The molecule has 0 radical (unpaired) electrons. The number of aromatic amines is 1. The molecule has 0 saturated carbocycles. The van der Waals surface area contributed by atoms with Crippen molar-refractivity contribution in [2.24, 2.45) is 0 Å². The van der Waals surface area contributed by atoms with E-state index in [0.717, 1.165) is 5.56 Å². The molecule has 4 N–H and O–H groups in total. The molecule has 1 atom stereocenters. The molecule has 0 aliphatic rings. The van der Waals surface area contributed by atoms with Gasteiger partial charge in [-0.15, -0.1) is 10.2 Å². The molecule has 2 rings (SSSR count). The van der Waals surface area contributed by atoms with E-state index in [2.05, 4.69) is 25.9 Å². The van der Waals surface area contributed by atoms with Crippen LogP contribution in [0, 0.1) is 0 Å². The van der Waals surface area contributed by atoms with Crippen LogP contribution in [-0.4, -0.2) is 26.5 Å². The van der Waals surface area contributed by atoms with Gasteiger partial charge >= 0.3 is 0 Å². The number of nitrogens with one attached hydrogen (secondary N) is 2. The zero-order valence-corrected chi connectivity index (χ0v) is 10.6. The first kappa shape index (κ1) is 13.0. The lowest BCUT2D eigenvalue weighted by Gasteiger charge is -2.10. The van der Waals surface area contributed by atoms with Crippen molar-refractivity contribution in [1.29, 1.82) is 0 Å². The molecular weight excluding hydrogens is 244 g/mol. The molecule has 0 aliphatic heterocycles. The third-order valence-electron chi connectivity index (χ3n) is 2.80. The van der Waals surface area contributed by atoms with E-state index >= 15 is 0 Å². The van der Waals surface area contributed by atoms with Crippen molar-refractivity contribution in [3.8, 4) is 0 Å². The number of carbonyl (C=O) groups is 1. The van der Waals surface area contributed by atoms with Crippen LogP contribution in [0.25, 0.3) is 0 Å². The van der Waals surface area contributed by atoms with Gasteiger partial charge < -0.3 is 11.1 Å². The highest BCUT2D eigenvalue weighted by atomic mass is 16.1. The van der Waals surface area contributed by atoms with Crippen LogP contribution in [0.5, 0.6) is 0 Å². The molecule has 100 valence electrons. The molecule has 19 heavy (non-hydrogen) atoms. The van der Waals surface area contributed by atoms with Gasteiger partial charge in [0.15, 0.2) is 5.82 Å². The normalized spacial score (nSPS) is 12.1. The summed E-state index contributed by atoms with van der Waals surface area (Å²) in [5, 5.41) is 16.2. The molecule has 0 spiro atoms. The maximum atomic E-state index is 11.8. The highest BCUT2D eigenvalue weighted by Gasteiger charge is 2.13. The maximum absolute atomic E-state index is 11.8. The van der Waals surface area contributed by atoms with Crippen molar-refractivity contribution >= 4 is 11.6 Å². The number of anilines is 1. The number of H-pyrrole nitrogens is 1. The second-order valence-electron chi connectivity index (χ2n) is 4.26. The Bertz CT molecular complexity index is 539. The monoisotopic (exact) mass is 260 g/mol. The summed E-state index contributed by atoms with van der Waals surface area (Å²) in [5.74, 6) is 0.396. The molecule has 0 bridgehead atoms. The van der Waals surface area contributed by atoms with Crippen molar-refractivity contribution in [3.05, 3.63) is 35.7 Å². The van der Waals surface area contributed by atoms with Gasteiger partial charge in [0.25, 0.3) is 0 Å². The number of hydrogen-bond acceptors (Lipinski definition) is 5. The van der Waals surface area contributed by atoms with E-state index in [-0.39, 0.29) is 11.9 Å². The number of rotatable bonds is 5. The van der Waals surface area contributed by atoms with Gasteiger partial charge in [-0.05, 0) is 25.0 Å². The van der Waals surface area contributed by atoms with E-state index in [0.29, 0.717) is 24.4 Å². The molecule has 0 fully saturated rings. The number of nitrogen functional groups attached to an aromatic ring is 1. The van der Waals surface area contributed by atoms with Gasteiger partial charge in [0.05, 0.1) is 6.04 Å². The first-order valence-electron chi connectivity index (χ1n) is 6.03. The quantitative estimate of drug-likeness (QED) is 0.682. The molecule has 1 aromatic heterocycles. The molecule has 1 heterocycles. The molecule has 0 saturated heterocycles. The number of carbonyl (C=O) groups excluding carboxylic acids is 1. The maximum Gasteiger partial charge on any atom is 0.220 e. The van der Waals surface area contributed by atoms with Crippen molar-refractivity contribution in [3.63, 3.8) is 0 Å². The molecular formula is C12H16N6O. The van der Waals surface area contributed by atoms with Crippen molar-refractivity contribution in [2.75, 3.05) is 5.73 Å². The van der Waals surface area contributed by atoms with Gasteiger partial charge in [0, 0.05) is 12.1 Å². The van der Waals surface area contributed by atoms with Crippen LogP contribution >= 0.6 is 0 Å². The standard InChI is InChI=1S/C12H16N6O/c1-8(12-15-17-18-16-12)14-11(19)7-6-9-4-2-3-5-10(9)13/h2-5,8H,6-7,13H2,1H3,(H,14,19)(H,15,16,17,18). The fourth-order valence-corrected chi connectivity index (χ4v) is 1.74. The summed E-state index contributed by atoms with van der Waals surface area (Å²) in [6.07, 6.45) is 0.980. The van der Waals surface area contributed by atoms with Gasteiger partial charge in [0.1, 0.15) is 0 Å². The topological polar surface area (TPSA) is 110 Å². The number of para-hydroxylation sites is 1. The third kappa shape index (κ3) is 3.51. The number of amides is 1. The molecule has 7 heteroatoms. The van der Waals surface area contributed by atoms with E-state index in [9.17, 15) is 4.79 Å². The molecule has 0 aliphatic carbocycles. The van der Waals surface area contributed by atoms with E-state index in [1.54, 1.807) is 6.92 Å². The predicted molar refractivity (Wildman–Crippen MR) is 69.9 cm³/mol. The third-order valence-corrected chi connectivity index (χ3v) is 2.80. The number of tetrazole rings is 1. The van der Waals surface area contributed by atoms with Crippen molar-refractivity contribution in [1.82, 2.24) is 25.9 Å². The summed E-state index contributed by atoms with van der Waals surface area (Å²) < 4.78 is 0. The Hall–Kier alpha value is -2.44. The Morgan fingerprint density at radius 1 is 1.47 bits per heavy atom. The summed E-state index contributed by atoms with van der Waals surface area (Å²) >= 11 is 0. The summed E-state index contributed by atoms with van der Waals surface area (Å²) in [4.78, 5) is 11.8. The van der Waals surface area contributed by atoms with E-state index in [1.165, 1.54) is 0 Å². The summed E-state index contributed by atoms with van der Waals surface area (Å²) in [7, 11) is 0. The molecule has 7 nitrogen and oxygen atoms in total. The summed E-state index contributed by atoms with van der Waals surface area (Å²) in [6, 6.07) is 7.27. The van der Waals surface area contributed by atoms with Gasteiger partial charge in [0.2, 0.25) is 5.91 Å². The molecule has 1 unspecified atom stereocenters. The van der Waals surface area contributed by atoms with Gasteiger partial charge in [-0.25, -0.2) is 0 Å². The van der Waals surface area contributed by atoms with Crippen molar-refractivity contribution < 1.29 is 4.79 Å². The Labute approximate surface area is 110 Å². The second-order valence-corrected chi connectivity index (χ2v) is 4.26. The highest BCUT2D eigenvalue weighted by molar-refractivity contribution is 5.76. The van der Waals surface area contributed by atoms with E-state index in [4.69, 9.17) is 5.73 Å². The number of benzene rings is 1.